The molecule has 1 aliphatic rings. The molecule has 192 valence electrons. The van der Waals surface area contributed by atoms with Gasteiger partial charge in [-0.2, -0.15) is 5.10 Å². The number of aryl methyl sites for hydroxylation is 3. The maximum atomic E-state index is 13.2. The van der Waals surface area contributed by atoms with E-state index in [0.29, 0.717) is 12.8 Å². The van der Waals surface area contributed by atoms with Crippen molar-refractivity contribution in [1.29, 1.82) is 0 Å². The maximum Gasteiger partial charge on any atom is 0.246 e. The lowest BCUT2D eigenvalue weighted by Gasteiger charge is -2.21. The molecule has 36 heavy (non-hydrogen) atoms. The van der Waals surface area contributed by atoms with E-state index in [-0.39, 0.29) is 18.2 Å². The highest BCUT2D eigenvalue weighted by atomic mass is 16.2. The first-order valence-corrected chi connectivity index (χ1v) is 13.1. The van der Waals surface area contributed by atoms with Crippen LogP contribution in [0.2, 0.25) is 0 Å². The van der Waals surface area contributed by atoms with Gasteiger partial charge in [0.2, 0.25) is 11.8 Å². The molecule has 8 nitrogen and oxygen atoms in total. The maximum absolute atomic E-state index is 13.2. The monoisotopic (exact) mass is 490 g/mol. The van der Waals surface area contributed by atoms with Crippen LogP contribution in [0.1, 0.15) is 68.1 Å². The fourth-order valence-corrected chi connectivity index (χ4v) is 4.97. The number of benzene rings is 1. The molecule has 4 rings (SSSR count). The third kappa shape index (κ3) is 6.04. The molecule has 0 aliphatic carbocycles. The Morgan fingerprint density at radius 1 is 1.11 bits per heavy atom. The number of carbonyl (C=O) groups excluding carboxylic acids is 2. The standard InChI is InChI=1S/C28H38N6O2/c1-5-6-12-25(28(36)30-22-10-9-11-23(18-22)33-15-7-8-16-33)31-27(35)14-13-24-20(3)29-26-17-19(2)32-34(26)21(24)4/h9-11,17-18,25H,5-8,12-16H2,1-4H3,(H,30,36)(H,31,35). The number of carbonyl (C=O) groups is 2. The average Bonchev–Trinajstić information content (AvgIpc) is 3.51. The second-order valence-electron chi connectivity index (χ2n) is 9.81. The number of amides is 2. The molecular weight excluding hydrogens is 452 g/mol. The Labute approximate surface area is 213 Å². The first-order valence-electron chi connectivity index (χ1n) is 13.1. The van der Waals surface area contributed by atoms with Crippen LogP contribution in [0.5, 0.6) is 0 Å². The Morgan fingerprint density at radius 2 is 1.89 bits per heavy atom. The molecular formula is C28H38N6O2. The number of nitrogens with zero attached hydrogens (tertiary/aromatic N) is 4. The van der Waals surface area contributed by atoms with Crippen molar-refractivity contribution < 1.29 is 9.59 Å². The summed E-state index contributed by atoms with van der Waals surface area (Å²) >= 11 is 0. The minimum Gasteiger partial charge on any atom is -0.371 e. The van der Waals surface area contributed by atoms with Gasteiger partial charge in [-0.3, -0.25) is 9.59 Å². The molecule has 1 atom stereocenters. The topological polar surface area (TPSA) is 91.6 Å². The molecule has 2 aromatic heterocycles. The molecule has 0 bridgehead atoms. The fraction of sp³-hybridized carbons (Fsp3) is 0.500. The smallest absolute Gasteiger partial charge is 0.246 e. The van der Waals surface area contributed by atoms with Gasteiger partial charge in [-0.1, -0.05) is 25.8 Å². The summed E-state index contributed by atoms with van der Waals surface area (Å²) in [5.41, 5.74) is 6.55. The summed E-state index contributed by atoms with van der Waals surface area (Å²) in [6.07, 6.45) is 5.67. The number of hydrogen-bond acceptors (Lipinski definition) is 5. The van der Waals surface area contributed by atoms with Crippen molar-refractivity contribution in [3.05, 3.63) is 53.0 Å². The summed E-state index contributed by atoms with van der Waals surface area (Å²) < 4.78 is 1.84. The largest absolute Gasteiger partial charge is 0.371 e. The van der Waals surface area contributed by atoms with Gasteiger partial charge in [0.25, 0.3) is 0 Å². The van der Waals surface area contributed by atoms with Crippen molar-refractivity contribution in [3.8, 4) is 0 Å². The minimum absolute atomic E-state index is 0.132. The Balaban J connectivity index is 1.39. The summed E-state index contributed by atoms with van der Waals surface area (Å²) in [6, 6.07) is 9.37. The van der Waals surface area contributed by atoms with E-state index in [1.807, 2.05) is 49.6 Å². The normalized spacial score (nSPS) is 14.3. The van der Waals surface area contributed by atoms with Gasteiger partial charge in [0, 0.05) is 48.3 Å². The summed E-state index contributed by atoms with van der Waals surface area (Å²) in [4.78, 5) is 33.1. The quantitative estimate of drug-likeness (QED) is 0.437. The van der Waals surface area contributed by atoms with E-state index in [0.717, 1.165) is 65.6 Å². The Hall–Kier alpha value is -3.42. The van der Waals surface area contributed by atoms with Crippen molar-refractivity contribution >= 4 is 28.8 Å². The van der Waals surface area contributed by atoms with Crippen LogP contribution in [0.15, 0.2) is 30.3 Å². The minimum atomic E-state index is -0.565. The molecule has 1 aromatic carbocycles. The van der Waals surface area contributed by atoms with Crippen LogP contribution in [-0.4, -0.2) is 45.5 Å². The number of anilines is 2. The van der Waals surface area contributed by atoms with Crippen LogP contribution in [0.4, 0.5) is 11.4 Å². The van der Waals surface area contributed by atoms with Crippen LogP contribution < -0.4 is 15.5 Å². The molecule has 2 amide bonds. The number of unbranched alkanes of at least 4 members (excludes halogenated alkanes) is 1. The highest BCUT2D eigenvalue weighted by molar-refractivity contribution is 5.97. The van der Waals surface area contributed by atoms with E-state index in [1.165, 1.54) is 12.8 Å². The molecule has 1 saturated heterocycles. The second kappa shape index (κ2) is 11.5. The van der Waals surface area contributed by atoms with Crippen molar-refractivity contribution in [3.63, 3.8) is 0 Å². The Bertz CT molecular complexity index is 1230. The average molecular weight is 491 g/mol. The van der Waals surface area contributed by atoms with E-state index < -0.39 is 6.04 Å². The zero-order valence-electron chi connectivity index (χ0n) is 21.9. The lowest BCUT2D eigenvalue weighted by atomic mass is 10.0. The molecule has 0 saturated carbocycles. The van der Waals surface area contributed by atoms with Gasteiger partial charge in [-0.05, 0) is 70.2 Å². The second-order valence-corrected chi connectivity index (χ2v) is 9.81. The van der Waals surface area contributed by atoms with Crippen LogP contribution in [0.3, 0.4) is 0 Å². The van der Waals surface area contributed by atoms with E-state index in [1.54, 1.807) is 0 Å². The molecule has 2 N–H and O–H groups in total. The first kappa shape index (κ1) is 25.7. The van der Waals surface area contributed by atoms with Crippen LogP contribution in [0.25, 0.3) is 5.65 Å². The first-order chi connectivity index (χ1) is 17.4. The number of rotatable bonds is 10. The molecule has 1 aliphatic heterocycles. The van der Waals surface area contributed by atoms with Gasteiger partial charge in [0.15, 0.2) is 5.65 Å². The van der Waals surface area contributed by atoms with Crippen molar-refractivity contribution in [2.75, 3.05) is 23.3 Å². The van der Waals surface area contributed by atoms with E-state index in [4.69, 9.17) is 0 Å². The summed E-state index contributed by atoms with van der Waals surface area (Å²) in [5.74, 6) is -0.301. The zero-order chi connectivity index (χ0) is 25.7. The molecule has 1 unspecified atom stereocenters. The lowest BCUT2D eigenvalue weighted by molar-refractivity contribution is -0.126. The number of nitrogens with one attached hydrogen (secondary N) is 2. The predicted octanol–water partition coefficient (Wildman–Crippen LogP) is 4.50. The molecule has 0 radical (unpaired) electrons. The number of hydrogen-bond donors (Lipinski definition) is 2. The fourth-order valence-electron chi connectivity index (χ4n) is 4.97. The summed E-state index contributed by atoms with van der Waals surface area (Å²) in [6.45, 7) is 10.1. The van der Waals surface area contributed by atoms with Gasteiger partial charge in [0.05, 0.1) is 5.69 Å². The number of fused-ring (bicyclic) bond motifs is 1. The lowest BCUT2D eigenvalue weighted by Crippen LogP contribution is -2.44. The van der Waals surface area contributed by atoms with E-state index in [9.17, 15) is 9.59 Å². The van der Waals surface area contributed by atoms with Gasteiger partial charge in [-0.25, -0.2) is 9.50 Å². The Kier molecular flexibility index (Phi) is 8.23. The van der Waals surface area contributed by atoms with E-state index >= 15 is 0 Å². The van der Waals surface area contributed by atoms with Gasteiger partial charge in [-0.15, -0.1) is 0 Å². The van der Waals surface area contributed by atoms with Crippen LogP contribution in [-0.2, 0) is 16.0 Å². The highest BCUT2D eigenvalue weighted by Gasteiger charge is 2.22. The zero-order valence-corrected chi connectivity index (χ0v) is 21.9. The van der Waals surface area contributed by atoms with Gasteiger partial charge < -0.3 is 15.5 Å². The van der Waals surface area contributed by atoms with Crippen LogP contribution in [0, 0.1) is 20.8 Å². The third-order valence-electron chi connectivity index (χ3n) is 6.97. The van der Waals surface area contributed by atoms with Crippen LogP contribution >= 0.6 is 0 Å². The molecule has 1 fully saturated rings. The third-order valence-corrected chi connectivity index (χ3v) is 6.97. The van der Waals surface area contributed by atoms with Crippen molar-refractivity contribution in [2.45, 2.75) is 78.7 Å². The predicted molar refractivity (Wildman–Crippen MR) is 143 cm³/mol. The van der Waals surface area contributed by atoms with Gasteiger partial charge in [0.1, 0.15) is 6.04 Å². The summed E-state index contributed by atoms with van der Waals surface area (Å²) in [5, 5.41) is 10.5. The van der Waals surface area contributed by atoms with E-state index in [2.05, 4.69) is 38.6 Å². The number of aromatic nitrogens is 3. The molecule has 3 heterocycles. The molecule has 3 aromatic rings. The van der Waals surface area contributed by atoms with Crippen molar-refractivity contribution in [2.24, 2.45) is 0 Å². The van der Waals surface area contributed by atoms with Crippen molar-refractivity contribution in [1.82, 2.24) is 19.9 Å². The Morgan fingerprint density at radius 3 is 2.64 bits per heavy atom. The SMILES string of the molecule is CCCCC(NC(=O)CCc1c(C)nc2cc(C)nn2c1C)C(=O)Nc1cccc(N2CCCC2)c1. The van der Waals surface area contributed by atoms with Gasteiger partial charge >= 0.3 is 0 Å². The highest BCUT2D eigenvalue weighted by Crippen LogP contribution is 2.23. The summed E-state index contributed by atoms with van der Waals surface area (Å²) in [7, 11) is 0. The molecule has 0 spiro atoms. The molecule has 8 heteroatoms.